The maximum Gasteiger partial charge on any atom is 0.405 e. The van der Waals surface area contributed by atoms with Crippen molar-refractivity contribution in [1.82, 2.24) is 45.7 Å². The first-order chi connectivity index (χ1) is 40.7. The largest absolute Gasteiger partial charge is 0.405 e. The van der Waals surface area contributed by atoms with Crippen LogP contribution in [-0.2, 0) is 23.9 Å². The van der Waals surface area contributed by atoms with E-state index in [1.165, 1.54) is 45.9 Å². The summed E-state index contributed by atoms with van der Waals surface area (Å²) in [7, 11) is 0. The minimum absolute atomic E-state index is 0.0199. The van der Waals surface area contributed by atoms with Gasteiger partial charge in [0.05, 0.1) is 48.2 Å². The van der Waals surface area contributed by atoms with Gasteiger partial charge in [-0.25, -0.2) is 8.78 Å². The van der Waals surface area contributed by atoms with E-state index in [0.717, 1.165) is 63.5 Å². The number of rotatable bonds is 26. The number of nitrogens with one attached hydrogen (secondary N) is 6. The lowest BCUT2D eigenvalue weighted by Gasteiger charge is -2.36. The quantitative estimate of drug-likeness (QED) is 0.0327. The van der Waals surface area contributed by atoms with Crippen molar-refractivity contribution in [3.63, 3.8) is 0 Å². The summed E-state index contributed by atoms with van der Waals surface area (Å²) >= 11 is 0. The summed E-state index contributed by atoms with van der Waals surface area (Å²) < 4.78 is 121. The smallest absolute Gasteiger partial charge is 0.378 e. The van der Waals surface area contributed by atoms with Gasteiger partial charge in [0, 0.05) is 31.4 Å². The third kappa shape index (κ3) is 15.8. The molecule has 5 atom stereocenters. The normalized spacial score (nSPS) is 19.1. The van der Waals surface area contributed by atoms with E-state index in [9.17, 15) is 55.1 Å². The second kappa shape index (κ2) is 26.2. The van der Waals surface area contributed by atoms with Gasteiger partial charge in [0.25, 0.3) is 11.8 Å². The van der Waals surface area contributed by atoms with Crippen LogP contribution in [0.15, 0.2) is 54.7 Å². The summed E-state index contributed by atoms with van der Waals surface area (Å²) in [4.78, 5) is 85.9. The Morgan fingerprint density at radius 2 is 1.08 bits per heavy atom. The van der Waals surface area contributed by atoms with E-state index in [1.807, 2.05) is 24.5 Å². The Labute approximate surface area is 493 Å². The first kappa shape index (κ1) is 63.5. The summed E-state index contributed by atoms with van der Waals surface area (Å²) in [6, 6.07) is 6.48. The highest BCUT2D eigenvalue weighted by Gasteiger charge is 2.50. The Morgan fingerprint density at radius 1 is 0.605 bits per heavy atom. The van der Waals surface area contributed by atoms with Gasteiger partial charge < -0.3 is 36.6 Å². The number of carbonyl (C=O) groups is 6. The molecule has 5 fully saturated rings. The fourth-order valence-corrected chi connectivity index (χ4v) is 12.2. The summed E-state index contributed by atoms with van der Waals surface area (Å²) in [5.41, 5.74) is 0.0371. The standard InChI is InChI=1S/C60H75F8N11O7/c1-30(2)48(56(83)70-29-60(66,67)68)38-16-18-43(41(62)24-38)73-58(85)52(50(35-11-12-35)36-13-14-36)75-55(82)46-25-44(76-79(46)32(5)6)47-27-86-22-21-77(47)26-39(53(80)69-28-59(63,64)65)37-15-17-42(40(61)23-37)72-57(84)51(49(33-7-8-33)34-9-10-34)74-54(81)45-19-20-71-78(45)31(3)4/h15-20,23-25,30-36,39,47-52H,7-14,21-22,26-29H2,1-6H3,(H,69,80)(H,70,83)(H,72,84)(H,73,85)(H,74,81)(H,75,82)/t39?,47?,48?,51-,52-/m0/s1. The zero-order valence-electron chi connectivity index (χ0n) is 48.8. The number of aromatic nitrogens is 4. The van der Waals surface area contributed by atoms with E-state index in [4.69, 9.17) is 9.84 Å². The second-order valence-corrected chi connectivity index (χ2v) is 24.6. The molecule has 86 heavy (non-hydrogen) atoms. The van der Waals surface area contributed by atoms with Crippen molar-refractivity contribution in [2.45, 2.75) is 147 Å². The van der Waals surface area contributed by atoms with Crippen LogP contribution in [0.5, 0.6) is 0 Å². The first-order valence-electron chi connectivity index (χ1n) is 29.6. The van der Waals surface area contributed by atoms with Gasteiger partial charge in [-0.2, -0.15) is 36.5 Å². The van der Waals surface area contributed by atoms with Crippen molar-refractivity contribution in [1.29, 1.82) is 0 Å². The number of alkyl halides is 6. The van der Waals surface area contributed by atoms with Crippen LogP contribution in [-0.4, -0.2) is 124 Å². The zero-order chi connectivity index (χ0) is 62.1. The zero-order valence-corrected chi connectivity index (χ0v) is 48.8. The number of amides is 6. The van der Waals surface area contributed by atoms with Crippen LogP contribution in [0.3, 0.4) is 0 Å². The number of halogens is 8. The van der Waals surface area contributed by atoms with Gasteiger partial charge in [-0.3, -0.25) is 43.0 Å². The van der Waals surface area contributed by atoms with E-state index in [2.05, 4.69) is 26.4 Å². The van der Waals surface area contributed by atoms with Crippen molar-refractivity contribution < 1.29 is 68.6 Å². The number of nitrogens with zero attached hydrogens (tertiary/aromatic N) is 5. The van der Waals surface area contributed by atoms with Gasteiger partial charge in [0.2, 0.25) is 23.6 Å². The average Bonchev–Trinajstić information content (AvgIpc) is 3.55. The van der Waals surface area contributed by atoms with Crippen LogP contribution >= 0.6 is 0 Å². The second-order valence-electron chi connectivity index (χ2n) is 24.6. The van der Waals surface area contributed by atoms with E-state index in [0.29, 0.717) is 0 Å². The number of ether oxygens (including phenoxy) is 1. The van der Waals surface area contributed by atoms with Gasteiger partial charge in [-0.05, 0) is 168 Å². The number of hydrogen-bond donors (Lipinski definition) is 6. The lowest BCUT2D eigenvalue weighted by molar-refractivity contribution is -0.139. The molecule has 26 heteroatoms. The van der Waals surface area contributed by atoms with Gasteiger partial charge in [0.15, 0.2) is 0 Å². The molecule has 2 aromatic carbocycles. The number of carbonyl (C=O) groups excluding carboxylic acids is 6. The summed E-state index contributed by atoms with van der Waals surface area (Å²) in [5, 5.41) is 24.0. The maximum absolute atomic E-state index is 16.5. The Bertz CT molecular complexity index is 3110. The molecule has 0 spiro atoms. The number of anilines is 2. The molecule has 0 radical (unpaired) electrons. The van der Waals surface area contributed by atoms with E-state index in [-0.39, 0.29) is 107 Å². The molecule has 1 aliphatic heterocycles. The molecule has 9 rings (SSSR count). The molecule has 0 bridgehead atoms. The topological polar surface area (TPSA) is 223 Å². The highest BCUT2D eigenvalue weighted by Crippen LogP contribution is 2.52. The van der Waals surface area contributed by atoms with E-state index < -0.39 is 114 Å². The molecule has 6 N–H and O–H groups in total. The van der Waals surface area contributed by atoms with Crippen molar-refractivity contribution in [3.05, 3.63) is 94.6 Å². The van der Waals surface area contributed by atoms with Crippen LogP contribution in [0.4, 0.5) is 46.5 Å². The van der Waals surface area contributed by atoms with Gasteiger partial charge in [-0.15, -0.1) is 0 Å². The molecule has 6 amide bonds. The molecular weight excluding hydrogens is 1140 g/mol. The Kier molecular flexibility index (Phi) is 19.3. The predicted molar refractivity (Wildman–Crippen MR) is 299 cm³/mol. The average molecular weight is 1210 g/mol. The lowest BCUT2D eigenvalue weighted by atomic mass is 9.87. The summed E-state index contributed by atoms with van der Waals surface area (Å²) in [6.45, 7) is 7.08. The molecule has 4 saturated carbocycles. The van der Waals surface area contributed by atoms with Crippen LogP contribution in [0.2, 0.25) is 0 Å². The Balaban J connectivity index is 0.946. The Hall–Kier alpha value is -6.96. The molecule has 468 valence electrons. The minimum atomic E-state index is -4.80. The lowest BCUT2D eigenvalue weighted by Crippen LogP contribution is -2.50. The molecule has 1 saturated heterocycles. The molecular formula is C60H75F8N11O7. The third-order valence-electron chi connectivity index (χ3n) is 16.9. The third-order valence-corrected chi connectivity index (χ3v) is 16.9. The molecule has 4 aliphatic carbocycles. The summed E-state index contributed by atoms with van der Waals surface area (Å²) in [5.74, 6) is -9.76. The van der Waals surface area contributed by atoms with E-state index in [1.54, 1.807) is 38.7 Å². The predicted octanol–water partition coefficient (Wildman–Crippen LogP) is 9.12. The highest BCUT2D eigenvalue weighted by molar-refractivity contribution is 6.02. The molecule has 18 nitrogen and oxygen atoms in total. The van der Waals surface area contributed by atoms with Crippen LogP contribution in [0, 0.1) is 53.1 Å². The van der Waals surface area contributed by atoms with Crippen LogP contribution < -0.4 is 31.9 Å². The van der Waals surface area contributed by atoms with Gasteiger partial charge in [0.1, 0.15) is 48.2 Å². The van der Waals surface area contributed by atoms with E-state index >= 15 is 8.78 Å². The number of hydrogen-bond acceptors (Lipinski definition) is 10. The minimum Gasteiger partial charge on any atom is -0.378 e. The van der Waals surface area contributed by atoms with Crippen molar-refractivity contribution in [2.24, 2.45) is 41.4 Å². The Morgan fingerprint density at radius 3 is 1.55 bits per heavy atom. The first-order valence-corrected chi connectivity index (χ1v) is 29.6. The molecule has 3 unspecified atom stereocenters. The van der Waals surface area contributed by atoms with Crippen molar-refractivity contribution in [2.75, 3.05) is 50.0 Å². The number of benzene rings is 2. The summed E-state index contributed by atoms with van der Waals surface area (Å²) in [6.07, 6.45) is -1.34. The fraction of sp³-hybridized carbons (Fsp3) is 0.600. The van der Waals surface area contributed by atoms with Crippen LogP contribution in [0.25, 0.3) is 0 Å². The number of morpholine rings is 1. The van der Waals surface area contributed by atoms with Gasteiger partial charge in [-0.1, -0.05) is 26.0 Å². The fourth-order valence-electron chi connectivity index (χ4n) is 12.2. The molecule has 2 aromatic heterocycles. The monoisotopic (exact) mass is 1210 g/mol. The highest BCUT2D eigenvalue weighted by atomic mass is 19.4. The van der Waals surface area contributed by atoms with Gasteiger partial charge >= 0.3 is 12.4 Å². The molecule has 4 aromatic rings. The van der Waals surface area contributed by atoms with Crippen molar-refractivity contribution in [3.8, 4) is 0 Å². The maximum atomic E-state index is 16.5. The SMILES string of the molecule is CC(C)C(C(=O)NCC(F)(F)F)c1ccc(NC(=O)[C@@H](NC(=O)c2cc(C3COCCN3CC(C(=O)NCC(F)(F)F)c3ccc(NC(=O)[C@@H](NC(=O)c4ccnn4C(C)C)C(C4CC4)C4CC4)c(F)c3)nn2C(C)C)C(C2CC2)C2CC2)c(F)c1. The van der Waals surface area contributed by atoms with Crippen LogP contribution in [0.1, 0.15) is 161 Å². The van der Waals surface area contributed by atoms with Crippen molar-refractivity contribution >= 4 is 46.8 Å². The molecule has 5 aliphatic rings. The molecule has 3 heterocycles.